The summed E-state index contributed by atoms with van der Waals surface area (Å²) in [6, 6.07) is 0. The normalized spacial score (nSPS) is 11.6. The summed E-state index contributed by atoms with van der Waals surface area (Å²) < 4.78 is 0. The largest absolute Gasteiger partial charge is 0.0925 e. The molecule has 0 saturated carbocycles. The highest BCUT2D eigenvalue weighted by Crippen LogP contribution is 2.00. The molecule has 0 aliphatic rings. The molecular formula is C12H18S2. The minimum Gasteiger partial charge on any atom is -0.0925 e. The lowest BCUT2D eigenvalue weighted by Gasteiger charge is -1.92. The van der Waals surface area contributed by atoms with Gasteiger partial charge in [0.1, 0.15) is 0 Å². The fourth-order valence-corrected chi connectivity index (χ4v) is 1.44. The lowest BCUT2D eigenvalue weighted by Crippen LogP contribution is -1.93. The van der Waals surface area contributed by atoms with Gasteiger partial charge in [-0.25, -0.2) is 0 Å². The smallest absolute Gasteiger partial charge is 0.0339 e. The molecule has 2 heteroatoms. The molecule has 0 aromatic heterocycles. The van der Waals surface area contributed by atoms with Crippen LogP contribution in [0.5, 0.6) is 0 Å². The first kappa shape index (κ1) is 13.7. The fourth-order valence-electron chi connectivity index (χ4n) is 1.00. The third kappa shape index (κ3) is 8.27. The summed E-state index contributed by atoms with van der Waals surface area (Å²) in [6.07, 6.45) is 13.3. The van der Waals surface area contributed by atoms with Crippen LogP contribution >= 0.6 is 24.4 Å². The van der Waals surface area contributed by atoms with E-state index in [4.69, 9.17) is 24.4 Å². The van der Waals surface area contributed by atoms with Gasteiger partial charge in [-0.2, -0.15) is 0 Å². The second-order valence-corrected chi connectivity index (χ2v) is 3.70. The van der Waals surface area contributed by atoms with Gasteiger partial charge >= 0.3 is 0 Å². The first-order valence-electron chi connectivity index (χ1n) is 5.09. The van der Waals surface area contributed by atoms with Gasteiger partial charge in [0.15, 0.2) is 0 Å². The van der Waals surface area contributed by atoms with E-state index >= 15 is 0 Å². The Balaban J connectivity index is 3.58. The second kappa shape index (κ2) is 10.7. The molecule has 0 amide bonds. The van der Waals surface area contributed by atoms with Crippen molar-refractivity contribution in [1.29, 1.82) is 0 Å². The molecule has 0 N–H and O–H groups in total. The van der Waals surface area contributed by atoms with E-state index in [9.17, 15) is 0 Å². The van der Waals surface area contributed by atoms with Gasteiger partial charge in [-0.15, -0.1) is 0 Å². The maximum absolute atomic E-state index is 4.81. The van der Waals surface area contributed by atoms with Gasteiger partial charge in [0, 0.05) is 5.92 Å². The van der Waals surface area contributed by atoms with E-state index < -0.39 is 0 Å². The second-order valence-electron chi connectivity index (χ2n) is 3.16. The maximum atomic E-state index is 4.81. The Bertz CT molecular complexity index is 196. The number of thiocarbonyl (C=S) groups is 2. The lowest BCUT2D eigenvalue weighted by molar-refractivity contribution is 0.729. The van der Waals surface area contributed by atoms with Gasteiger partial charge in [0.2, 0.25) is 0 Å². The molecule has 0 rings (SSSR count). The molecule has 0 nitrogen and oxygen atoms in total. The van der Waals surface area contributed by atoms with Crippen LogP contribution in [0.4, 0.5) is 0 Å². The summed E-state index contributed by atoms with van der Waals surface area (Å²) in [6.45, 7) is 2.22. The molecule has 0 bridgehead atoms. The Morgan fingerprint density at radius 1 is 1.07 bits per heavy atom. The van der Waals surface area contributed by atoms with Crippen molar-refractivity contribution in [3.8, 4) is 0 Å². The minimum absolute atomic E-state index is 0.153. The standard InChI is InChI=1S/C12H18S2/c1-2-3-4-5-6-7-8-9-12(10-13)11-14/h6-12H,2-5H2,1H3. The van der Waals surface area contributed by atoms with Gasteiger partial charge in [-0.05, 0) is 23.6 Å². The van der Waals surface area contributed by atoms with Gasteiger partial charge in [0.05, 0.1) is 0 Å². The van der Waals surface area contributed by atoms with Crippen LogP contribution < -0.4 is 0 Å². The van der Waals surface area contributed by atoms with Crippen LogP contribution in [0.1, 0.15) is 32.6 Å². The average molecular weight is 226 g/mol. The fraction of sp³-hybridized carbons (Fsp3) is 0.500. The van der Waals surface area contributed by atoms with E-state index in [0.29, 0.717) is 0 Å². The molecule has 0 atom stereocenters. The van der Waals surface area contributed by atoms with Crippen molar-refractivity contribution in [2.75, 3.05) is 0 Å². The zero-order valence-electron chi connectivity index (χ0n) is 8.69. The quantitative estimate of drug-likeness (QED) is 0.344. The molecule has 0 radical (unpaired) electrons. The van der Waals surface area contributed by atoms with Crippen LogP contribution in [0.2, 0.25) is 0 Å². The van der Waals surface area contributed by atoms with Crippen LogP contribution in [0.3, 0.4) is 0 Å². The first-order valence-corrected chi connectivity index (χ1v) is 6.03. The molecule has 0 spiro atoms. The van der Waals surface area contributed by atoms with Gasteiger partial charge in [0.25, 0.3) is 0 Å². The Labute approximate surface area is 98.1 Å². The molecule has 0 fully saturated rings. The molecule has 0 heterocycles. The zero-order valence-corrected chi connectivity index (χ0v) is 10.3. The van der Waals surface area contributed by atoms with Crippen LogP contribution in [0.15, 0.2) is 24.3 Å². The van der Waals surface area contributed by atoms with Crippen molar-refractivity contribution in [3.05, 3.63) is 24.3 Å². The van der Waals surface area contributed by atoms with Crippen molar-refractivity contribution in [3.63, 3.8) is 0 Å². The monoisotopic (exact) mass is 226 g/mol. The molecule has 14 heavy (non-hydrogen) atoms. The van der Waals surface area contributed by atoms with Gasteiger partial charge in [-0.3, -0.25) is 0 Å². The minimum atomic E-state index is 0.153. The maximum Gasteiger partial charge on any atom is 0.0339 e. The Hall–Kier alpha value is -0.340. The van der Waals surface area contributed by atoms with Crippen molar-refractivity contribution in [1.82, 2.24) is 0 Å². The highest BCUT2D eigenvalue weighted by molar-refractivity contribution is 7.80. The summed E-state index contributed by atoms with van der Waals surface area (Å²) in [4.78, 5) is 0. The van der Waals surface area contributed by atoms with Crippen molar-refractivity contribution in [2.45, 2.75) is 32.6 Å². The highest BCUT2D eigenvalue weighted by atomic mass is 32.1. The van der Waals surface area contributed by atoms with Crippen LogP contribution in [-0.2, 0) is 0 Å². The number of rotatable bonds is 8. The third-order valence-corrected chi connectivity index (χ3v) is 2.50. The van der Waals surface area contributed by atoms with Crippen molar-refractivity contribution in [2.24, 2.45) is 5.92 Å². The summed E-state index contributed by atoms with van der Waals surface area (Å²) in [5, 5.41) is 3.35. The van der Waals surface area contributed by atoms with E-state index in [1.165, 1.54) is 19.3 Å². The first-order chi connectivity index (χ1) is 6.85. The molecule has 0 aromatic carbocycles. The summed E-state index contributed by atoms with van der Waals surface area (Å²) in [5.74, 6) is 0.153. The molecule has 0 aliphatic carbocycles. The van der Waals surface area contributed by atoms with Crippen molar-refractivity contribution < 1.29 is 0 Å². The Morgan fingerprint density at radius 3 is 2.36 bits per heavy atom. The zero-order chi connectivity index (χ0) is 10.6. The van der Waals surface area contributed by atoms with Crippen molar-refractivity contribution >= 4 is 35.2 Å². The molecular weight excluding hydrogens is 208 g/mol. The average Bonchev–Trinajstić information content (AvgIpc) is 2.22. The molecule has 0 saturated heterocycles. The van der Waals surface area contributed by atoms with E-state index in [1.807, 2.05) is 12.2 Å². The Kier molecular flexibility index (Phi) is 10.5. The molecule has 78 valence electrons. The predicted molar refractivity (Wildman–Crippen MR) is 73.2 cm³/mol. The van der Waals surface area contributed by atoms with Crippen LogP contribution in [0, 0.1) is 5.92 Å². The van der Waals surface area contributed by atoms with E-state index in [0.717, 1.165) is 6.42 Å². The SMILES string of the molecule is CCCCCC=CC=CC(C=S)C=S. The van der Waals surface area contributed by atoms with Crippen LogP contribution in [-0.4, -0.2) is 10.7 Å². The number of allylic oxidation sites excluding steroid dienone is 4. The summed E-state index contributed by atoms with van der Waals surface area (Å²) in [5.41, 5.74) is 0. The lowest BCUT2D eigenvalue weighted by atomic mass is 10.2. The van der Waals surface area contributed by atoms with Gasteiger partial charge < -0.3 is 0 Å². The summed E-state index contributed by atoms with van der Waals surface area (Å²) >= 11 is 9.62. The van der Waals surface area contributed by atoms with E-state index in [2.05, 4.69) is 19.1 Å². The van der Waals surface area contributed by atoms with Crippen LogP contribution in [0.25, 0.3) is 0 Å². The molecule has 0 aliphatic heterocycles. The number of hydrogen-bond donors (Lipinski definition) is 0. The summed E-state index contributed by atoms with van der Waals surface area (Å²) in [7, 11) is 0. The number of unbranched alkanes of at least 4 members (excludes halogenated alkanes) is 3. The van der Waals surface area contributed by atoms with E-state index in [-0.39, 0.29) is 5.92 Å². The van der Waals surface area contributed by atoms with E-state index in [1.54, 1.807) is 10.7 Å². The number of hydrogen-bond acceptors (Lipinski definition) is 2. The third-order valence-electron chi connectivity index (χ3n) is 1.87. The molecule has 0 aromatic rings. The topological polar surface area (TPSA) is 0 Å². The van der Waals surface area contributed by atoms with Gasteiger partial charge in [-0.1, -0.05) is 68.5 Å². The Morgan fingerprint density at radius 2 is 1.79 bits per heavy atom. The predicted octanol–water partition coefficient (Wildman–Crippen LogP) is 4.29. The molecule has 0 unspecified atom stereocenters. The highest BCUT2D eigenvalue weighted by Gasteiger charge is 1.89.